The van der Waals surface area contributed by atoms with Crippen LogP contribution in [0.1, 0.15) is 43.0 Å². The van der Waals surface area contributed by atoms with Gasteiger partial charge in [0.25, 0.3) is 0 Å². The lowest BCUT2D eigenvalue weighted by Gasteiger charge is -2.28. The first-order valence-corrected chi connectivity index (χ1v) is 7.80. The fourth-order valence-corrected chi connectivity index (χ4v) is 3.61. The molecule has 0 saturated heterocycles. The van der Waals surface area contributed by atoms with Gasteiger partial charge in [0.2, 0.25) is 0 Å². The molecule has 0 spiro atoms. The second-order valence-corrected chi connectivity index (χ2v) is 6.66. The molecule has 1 N–H and O–H groups in total. The zero-order valence-corrected chi connectivity index (χ0v) is 12.6. The molecule has 0 saturated carbocycles. The van der Waals surface area contributed by atoms with Crippen molar-refractivity contribution >= 4 is 5.69 Å². The van der Waals surface area contributed by atoms with Gasteiger partial charge in [-0.25, -0.2) is 0 Å². The second kappa shape index (κ2) is 4.52. The molecule has 0 bridgehead atoms. The largest absolute Gasteiger partial charge is 0.485 e. The van der Waals surface area contributed by atoms with Gasteiger partial charge in [0, 0.05) is 11.3 Å². The van der Waals surface area contributed by atoms with Crippen LogP contribution < -0.4 is 10.1 Å². The minimum Gasteiger partial charge on any atom is -0.485 e. The standard InChI is InChI=1S/C19H21NO/c1-19(2)18(16-8-3-4-9-17(16)21-19)20-15-11-10-13-6-5-7-14(13)12-15/h3-4,8-12,18,20H,5-7H2,1-2H3. The molecular weight excluding hydrogens is 258 g/mol. The molecule has 1 aliphatic heterocycles. The highest BCUT2D eigenvalue weighted by Gasteiger charge is 2.40. The van der Waals surface area contributed by atoms with Crippen LogP contribution in [0.25, 0.3) is 0 Å². The third kappa shape index (κ3) is 2.10. The molecule has 0 fully saturated rings. The van der Waals surface area contributed by atoms with E-state index in [2.05, 4.69) is 55.6 Å². The predicted octanol–water partition coefficient (Wildman–Crippen LogP) is 4.50. The molecular formula is C19H21NO. The molecule has 1 heterocycles. The fourth-order valence-electron chi connectivity index (χ4n) is 3.61. The van der Waals surface area contributed by atoms with Crippen molar-refractivity contribution in [3.8, 4) is 5.75 Å². The zero-order valence-electron chi connectivity index (χ0n) is 12.6. The number of fused-ring (bicyclic) bond motifs is 2. The molecule has 2 aromatic rings. The number of hydrogen-bond donors (Lipinski definition) is 1. The summed E-state index contributed by atoms with van der Waals surface area (Å²) < 4.78 is 6.11. The molecule has 1 atom stereocenters. The first-order chi connectivity index (χ1) is 10.1. The fraction of sp³-hybridized carbons (Fsp3) is 0.368. The highest BCUT2D eigenvalue weighted by Crippen LogP contribution is 2.44. The number of anilines is 1. The summed E-state index contributed by atoms with van der Waals surface area (Å²) in [6.07, 6.45) is 3.74. The molecule has 108 valence electrons. The lowest BCUT2D eigenvalue weighted by Crippen LogP contribution is -2.34. The number of aryl methyl sites for hydroxylation is 2. The Balaban J connectivity index is 1.67. The predicted molar refractivity (Wildman–Crippen MR) is 86.0 cm³/mol. The third-order valence-electron chi connectivity index (χ3n) is 4.71. The second-order valence-electron chi connectivity index (χ2n) is 6.66. The van der Waals surface area contributed by atoms with Gasteiger partial charge >= 0.3 is 0 Å². The van der Waals surface area contributed by atoms with Gasteiger partial charge in [-0.2, -0.15) is 0 Å². The number of rotatable bonds is 2. The summed E-state index contributed by atoms with van der Waals surface area (Å²) >= 11 is 0. The molecule has 1 unspecified atom stereocenters. The Kier molecular flexibility index (Phi) is 2.75. The van der Waals surface area contributed by atoms with Crippen molar-refractivity contribution in [3.63, 3.8) is 0 Å². The first-order valence-electron chi connectivity index (χ1n) is 7.80. The minimum atomic E-state index is -0.233. The summed E-state index contributed by atoms with van der Waals surface area (Å²) in [5.74, 6) is 1.00. The van der Waals surface area contributed by atoms with Gasteiger partial charge in [-0.15, -0.1) is 0 Å². The van der Waals surface area contributed by atoms with E-state index in [0.29, 0.717) is 0 Å². The topological polar surface area (TPSA) is 21.3 Å². The van der Waals surface area contributed by atoms with Crippen LogP contribution in [0, 0.1) is 0 Å². The van der Waals surface area contributed by atoms with Crippen molar-refractivity contribution < 1.29 is 4.74 Å². The first kappa shape index (κ1) is 12.8. The Morgan fingerprint density at radius 1 is 1.05 bits per heavy atom. The monoisotopic (exact) mass is 279 g/mol. The van der Waals surface area contributed by atoms with E-state index in [9.17, 15) is 0 Å². The number of nitrogens with one attached hydrogen (secondary N) is 1. The van der Waals surface area contributed by atoms with Gasteiger partial charge in [-0.3, -0.25) is 0 Å². The van der Waals surface area contributed by atoms with E-state index in [0.717, 1.165) is 5.75 Å². The van der Waals surface area contributed by atoms with Crippen molar-refractivity contribution in [2.45, 2.75) is 44.8 Å². The van der Waals surface area contributed by atoms with Gasteiger partial charge in [-0.05, 0) is 62.4 Å². The van der Waals surface area contributed by atoms with E-state index >= 15 is 0 Å². The highest BCUT2D eigenvalue weighted by atomic mass is 16.5. The van der Waals surface area contributed by atoms with Gasteiger partial charge in [-0.1, -0.05) is 24.3 Å². The van der Waals surface area contributed by atoms with E-state index in [4.69, 9.17) is 4.74 Å². The van der Waals surface area contributed by atoms with Crippen LogP contribution in [0.4, 0.5) is 5.69 Å². The van der Waals surface area contributed by atoms with Crippen LogP contribution in [-0.4, -0.2) is 5.60 Å². The van der Waals surface area contributed by atoms with Crippen LogP contribution in [0.15, 0.2) is 42.5 Å². The summed E-state index contributed by atoms with van der Waals surface area (Å²) in [6.45, 7) is 4.30. The molecule has 1 aliphatic carbocycles. The lowest BCUT2D eigenvalue weighted by atomic mass is 9.94. The minimum absolute atomic E-state index is 0.188. The van der Waals surface area contributed by atoms with Gasteiger partial charge in [0.15, 0.2) is 0 Å². The van der Waals surface area contributed by atoms with E-state index in [1.54, 1.807) is 0 Å². The molecule has 4 rings (SSSR count). The molecule has 2 aliphatic rings. The maximum Gasteiger partial charge on any atom is 0.128 e. The quantitative estimate of drug-likeness (QED) is 0.874. The zero-order chi connectivity index (χ0) is 14.4. The van der Waals surface area contributed by atoms with E-state index in [1.807, 2.05) is 6.07 Å². The Morgan fingerprint density at radius 3 is 2.76 bits per heavy atom. The van der Waals surface area contributed by atoms with Crippen molar-refractivity contribution in [1.29, 1.82) is 0 Å². The van der Waals surface area contributed by atoms with Gasteiger partial charge < -0.3 is 10.1 Å². The van der Waals surface area contributed by atoms with E-state index < -0.39 is 0 Å². The average molecular weight is 279 g/mol. The molecule has 0 aromatic heterocycles. The van der Waals surface area contributed by atoms with Crippen molar-refractivity contribution in [2.24, 2.45) is 0 Å². The Hall–Kier alpha value is -1.96. The van der Waals surface area contributed by atoms with Crippen molar-refractivity contribution in [1.82, 2.24) is 0 Å². The van der Waals surface area contributed by atoms with Crippen LogP contribution in [0.3, 0.4) is 0 Å². The summed E-state index contributed by atoms with van der Waals surface area (Å²) in [5.41, 5.74) is 5.24. The molecule has 0 amide bonds. The summed E-state index contributed by atoms with van der Waals surface area (Å²) in [7, 11) is 0. The average Bonchev–Trinajstić information content (AvgIpc) is 3.01. The van der Waals surface area contributed by atoms with Crippen LogP contribution in [0.2, 0.25) is 0 Å². The molecule has 21 heavy (non-hydrogen) atoms. The van der Waals surface area contributed by atoms with Crippen molar-refractivity contribution in [3.05, 3.63) is 59.2 Å². The SMILES string of the molecule is CC1(C)Oc2ccccc2C1Nc1ccc2c(c1)CCC2. The van der Waals surface area contributed by atoms with Crippen LogP contribution >= 0.6 is 0 Å². The van der Waals surface area contributed by atoms with Gasteiger partial charge in [0.05, 0.1) is 6.04 Å². The van der Waals surface area contributed by atoms with Crippen LogP contribution in [-0.2, 0) is 12.8 Å². The lowest BCUT2D eigenvalue weighted by molar-refractivity contribution is 0.118. The summed E-state index contributed by atoms with van der Waals surface area (Å²) in [4.78, 5) is 0. The maximum atomic E-state index is 6.11. The van der Waals surface area contributed by atoms with E-state index in [-0.39, 0.29) is 11.6 Å². The summed E-state index contributed by atoms with van der Waals surface area (Å²) in [5, 5.41) is 3.69. The van der Waals surface area contributed by atoms with E-state index in [1.165, 1.54) is 41.6 Å². The smallest absolute Gasteiger partial charge is 0.128 e. The van der Waals surface area contributed by atoms with Crippen molar-refractivity contribution in [2.75, 3.05) is 5.32 Å². The molecule has 0 radical (unpaired) electrons. The number of hydrogen-bond acceptors (Lipinski definition) is 2. The number of para-hydroxylation sites is 1. The highest BCUT2D eigenvalue weighted by molar-refractivity contribution is 5.54. The third-order valence-corrected chi connectivity index (χ3v) is 4.71. The maximum absolute atomic E-state index is 6.11. The normalized spacial score (nSPS) is 21.5. The number of ether oxygens (including phenoxy) is 1. The summed E-state index contributed by atoms with van der Waals surface area (Å²) in [6, 6.07) is 15.3. The number of benzene rings is 2. The molecule has 2 aromatic carbocycles. The van der Waals surface area contributed by atoms with Gasteiger partial charge in [0.1, 0.15) is 11.4 Å². The van der Waals surface area contributed by atoms with Crippen LogP contribution in [0.5, 0.6) is 5.75 Å². The molecule has 2 heteroatoms. The Morgan fingerprint density at radius 2 is 1.86 bits per heavy atom. The Labute approximate surface area is 126 Å². The Bertz CT molecular complexity index is 690. The molecule has 2 nitrogen and oxygen atoms in total.